The fourth-order valence-corrected chi connectivity index (χ4v) is 2.86. The molecule has 1 fully saturated rings. The minimum absolute atomic E-state index is 0.0471. The Morgan fingerprint density at radius 1 is 1.41 bits per heavy atom. The molecule has 0 amide bonds. The summed E-state index contributed by atoms with van der Waals surface area (Å²) in [6, 6.07) is 5.83. The van der Waals surface area contributed by atoms with Crippen LogP contribution in [0.2, 0.25) is 5.02 Å². The maximum absolute atomic E-state index is 9.07. The van der Waals surface area contributed by atoms with Gasteiger partial charge in [-0.05, 0) is 36.0 Å². The van der Waals surface area contributed by atoms with Crippen LogP contribution in [-0.4, -0.2) is 18.2 Å². The van der Waals surface area contributed by atoms with Crippen LogP contribution in [-0.2, 0) is 6.61 Å². The fraction of sp³-hybridized carbons (Fsp3) is 0.571. The standard InChI is InChI=1S/C14H20ClNO/c1-14(2)6-3-7-16(10-14)13-5-4-11(9-17)8-12(13)15/h4-5,8,17H,3,6-7,9-10H2,1-2H3. The average Bonchev–Trinajstić information content (AvgIpc) is 2.27. The second kappa shape index (κ2) is 4.87. The molecule has 0 radical (unpaired) electrons. The first-order valence-electron chi connectivity index (χ1n) is 6.16. The van der Waals surface area contributed by atoms with E-state index in [-0.39, 0.29) is 6.61 Å². The molecule has 1 aromatic carbocycles. The zero-order valence-corrected chi connectivity index (χ0v) is 11.3. The number of nitrogens with zero attached hydrogens (tertiary/aromatic N) is 1. The van der Waals surface area contributed by atoms with Crippen molar-refractivity contribution in [1.29, 1.82) is 0 Å². The Morgan fingerprint density at radius 2 is 2.18 bits per heavy atom. The van der Waals surface area contributed by atoms with Crippen molar-refractivity contribution in [2.24, 2.45) is 5.41 Å². The van der Waals surface area contributed by atoms with Gasteiger partial charge in [-0.1, -0.05) is 31.5 Å². The largest absolute Gasteiger partial charge is 0.392 e. The van der Waals surface area contributed by atoms with E-state index in [2.05, 4.69) is 18.7 Å². The lowest BCUT2D eigenvalue weighted by Gasteiger charge is -2.39. The number of hydrogen-bond donors (Lipinski definition) is 1. The van der Waals surface area contributed by atoms with E-state index in [1.165, 1.54) is 12.8 Å². The van der Waals surface area contributed by atoms with Gasteiger partial charge in [0.05, 0.1) is 17.3 Å². The van der Waals surface area contributed by atoms with E-state index < -0.39 is 0 Å². The van der Waals surface area contributed by atoms with Gasteiger partial charge < -0.3 is 10.0 Å². The van der Waals surface area contributed by atoms with Crippen molar-refractivity contribution in [2.75, 3.05) is 18.0 Å². The van der Waals surface area contributed by atoms with Gasteiger partial charge >= 0.3 is 0 Å². The summed E-state index contributed by atoms with van der Waals surface area (Å²) >= 11 is 6.28. The van der Waals surface area contributed by atoms with Crippen molar-refractivity contribution in [3.8, 4) is 0 Å². The van der Waals surface area contributed by atoms with Gasteiger partial charge in [-0.25, -0.2) is 0 Å². The molecule has 1 saturated heterocycles. The molecule has 0 unspecified atom stereocenters. The second-order valence-corrected chi connectivity index (χ2v) is 6.04. The van der Waals surface area contributed by atoms with Gasteiger partial charge in [0.25, 0.3) is 0 Å². The Labute approximate surface area is 108 Å². The number of aliphatic hydroxyl groups excluding tert-OH is 1. The molecule has 0 atom stereocenters. The van der Waals surface area contributed by atoms with E-state index in [1.807, 2.05) is 18.2 Å². The highest BCUT2D eigenvalue weighted by molar-refractivity contribution is 6.33. The Morgan fingerprint density at radius 3 is 2.76 bits per heavy atom. The first kappa shape index (κ1) is 12.7. The molecule has 1 N–H and O–H groups in total. The topological polar surface area (TPSA) is 23.5 Å². The summed E-state index contributed by atoms with van der Waals surface area (Å²) < 4.78 is 0. The third-order valence-electron chi connectivity index (χ3n) is 3.44. The smallest absolute Gasteiger partial charge is 0.0682 e. The quantitative estimate of drug-likeness (QED) is 0.873. The summed E-state index contributed by atoms with van der Waals surface area (Å²) in [7, 11) is 0. The maximum Gasteiger partial charge on any atom is 0.0682 e. The number of hydrogen-bond acceptors (Lipinski definition) is 2. The number of anilines is 1. The summed E-state index contributed by atoms with van der Waals surface area (Å²) in [6.45, 7) is 6.77. The SMILES string of the molecule is CC1(C)CCCN(c2ccc(CO)cc2Cl)C1. The lowest BCUT2D eigenvalue weighted by molar-refractivity contribution is 0.281. The molecule has 1 aliphatic heterocycles. The zero-order chi connectivity index (χ0) is 12.5. The molecule has 2 rings (SSSR count). The number of halogens is 1. The van der Waals surface area contributed by atoms with Crippen LogP contribution in [0.4, 0.5) is 5.69 Å². The van der Waals surface area contributed by atoms with E-state index in [9.17, 15) is 0 Å². The molecule has 0 aliphatic carbocycles. The van der Waals surface area contributed by atoms with Gasteiger partial charge in [0.2, 0.25) is 0 Å². The van der Waals surface area contributed by atoms with Crippen molar-refractivity contribution in [3.63, 3.8) is 0 Å². The minimum atomic E-state index is 0.0471. The summed E-state index contributed by atoms with van der Waals surface area (Å²) in [4.78, 5) is 2.35. The maximum atomic E-state index is 9.07. The Bertz CT molecular complexity index is 403. The number of aliphatic hydroxyl groups is 1. The number of piperidine rings is 1. The van der Waals surface area contributed by atoms with Gasteiger partial charge in [0.1, 0.15) is 0 Å². The summed E-state index contributed by atoms with van der Waals surface area (Å²) in [6.07, 6.45) is 2.49. The Hall–Kier alpha value is -0.730. The second-order valence-electron chi connectivity index (χ2n) is 5.63. The van der Waals surface area contributed by atoms with Crippen LogP contribution in [0.5, 0.6) is 0 Å². The fourth-order valence-electron chi connectivity index (χ4n) is 2.53. The van der Waals surface area contributed by atoms with Crippen LogP contribution in [0.25, 0.3) is 0 Å². The summed E-state index contributed by atoms with van der Waals surface area (Å²) in [5.74, 6) is 0. The van der Waals surface area contributed by atoms with Crippen molar-refractivity contribution in [2.45, 2.75) is 33.3 Å². The zero-order valence-electron chi connectivity index (χ0n) is 10.5. The highest BCUT2D eigenvalue weighted by Gasteiger charge is 2.27. The van der Waals surface area contributed by atoms with Gasteiger partial charge in [-0.2, -0.15) is 0 Å². The molecule has 3 heteroatoms. The van der Waals surface area contributed by atoms with E-state index in [4.69, 9.17) is 16.7 Å². The van der Waals surface area contributed by atoms with Crippen LogP contribution in [0.3, 0.4) is 0 Å². The summed E-state index contributed by atoms with van der Waals surface area (Å²) in [5, 5.41) is 9.82. The number of benzene rings is 1. The third kappa shape index (κ3) is 2.93. The van der Waals surface area contributed by atoms with Crippen molar-refractivity contribution in [1.82, 2.24) is 0 Å². The molecule has 1 heterocycles. The van der Waals surface area contributed by atoms with Crippen LogP contribution >= 0.6 is 11.6 Å². The lowest BCUT2D eigenvalue weighted by atomic mass is 9.84. The van der Waals surface area contributed by atoms with Gasteiger partial charge in [0, 0.05) is 13.1 Å². The van der Waals surface area contributed by atoms with Crippen LogP contribution in [0.15, 0.2) is 18.2 Å². The Kier molecular flexibility index (Phi) is 3.64. The molecule has 2 nitrogen and oxygen atoms in total. The molecular formula is C14H20ClNO. The average molecular weight is 254 g/mol. The highest BCUT2D eigenvalue weighted by atomic mass is 35.5. The van der Waals surface area contributed by atoms with Gasteiger partial charge in [0.15, 0.2) is 0 Å². The van der Waals surface area contributed by atoms with E-state index in [0.29, 0.717) is 5.41 Å². The van der Waals surface area contributed by atoms with Crippen LogP contribution in [0, 0.1) is 5.41 Å². The number of rotatable bonds is 2. The monoisotopic (exact) mass is 253 g/mol. The molecule has 1 aliphatic rings. The summed E-state index contributed by atoms with van der Waals surface area (Å²) in [5.41, 5.74) is 2.32. The molecule has 0 aromatic heterocycles. The predicted octanol–water partition coefficient (Wildman–Crippen LogP) is 3.46. The molecule has 94 valence electrons. The minimum Gasteiger partial charge on any atom is -0.392 e. The van der Waals surface area contributed by atoms with Crippen molar-refractivity contribution < 1.29 is 5.11 Å². The first-order chi connectivity index (χ1) is 8.02. The lowest BCUT2D eigenvalue weighted by Crippen LogP contribution is -2.40. The van der Waals surface area contributed by atoms with Gasteiger partial charge in [-0.15, -0.1) is 0 Å². The first-order valence-corrected chi connectivity index (χ1v) is 6.54. The molecule has 17 heavy (non-hydrogen) atoms. The molecule has 1 aromatic rings. The third-order valence-corrected chi connectivity index (χ3v) is 3.74. The van der Waals surface area contributed by atoms with Gasteiger partial charge in [-0.3, -0.25) is 0 Å². The van der Waals surface area contributed by atoms with Crippen molar-refractivity contribution >= 4 is 17.3 Å². The molecule has 0 spiro atoms. The van der Waals surface area contributed by atoms with Crippen LogP contribution < -0.4 is 4.90 Å². The van der Waals surface area contributed by atoms with Crippen LogP contribution in [0.1, 0.15) is 32.3 Å². The predicted molar refractivity (Wildman–Crippen MR) is 72.6 cm³/mol. The molecule has 0 saturated carbocycles. The Balaban J connectivity index is 2.22. The van der Waals surface area contributed by atoms with E-state index in [0.717, 1.165) is 29.4 Å². The molecule has 0 bridgehead atoms. The van der Waals surface area contributed by atoms with E-state index in [1.54, 1.807) is 0 Å². The van der Waals surface area contributed by atoms with E-state index >= 15 is 0 Å². The molecular weight excluding hydrogens is 234 g/mol. The van der Waals surface area contributed by atoms with Crippen molar-refractivity contribution in [3.05, 3.63) is 28.8 Å². The highest BCUT2D eigenvalue weighted by Crippen LogP contribution is 2.35. The normalized spacial score (nSPS) is 19.4.